The van der Waals surface area contributed by atoms with Crippen LogP contribution in [0.1, 0.15) is 165 Å². The third-order valence-electron chi connectivity index (χ3n) is 20.6. The predicted octanol–water partition coefficient (Wildman–Crippen LogP) is 9.97. The van der Waals surface area contributed by atoms with Gasteiger partial charge in [0.15, 0.2) is 7.37 Å². The summed E-state index contributed by atoms with van der Waals surface area (Å²) in [4.78, 5) is 56.1. The Kier molecular flexibility index (Phi) is 11.3. The molecule has 0 bridgehead atoms. The Bertz CT molecular complexity index is 1830. The summed E-state index contributed by atoms with van der Waals surface area (Å²) in [6.45, 7) is 24.6. The number of rotatable bonds is 10. The third-order valence-corrected chi connectivity index (χ3v) is 21.4. The molecule has 8 fully saturated rings. The number of carbonyl (C=O) groups is 4. The van der Waals surface area contributed by atoms with Crippen LogP contribution in [0.2, 0.25) is 0 Å². The van der Waals surface area contributed by atoms with E-state index in [1.807, 2.05) is 4.90 Å². The van der Waals surface area contributed by atoms with Crippen LogP contribution in [0.3, 0.4) is 0 Å². The Morgan fingerprint density at radius 1 is 0.770 bits per heavy atom. The Labute approximate surface area is 367 Å². The average Bonchev–Trinajstić information content (AvgIpc) is 3.93. The maximum atomic E-state index is 15.2. The van der Waals surface area contributed by atoms with Gasteiger partial charge in [0.1, 0.15) is 6.10 Å². The highest BCUT2D eigenvalue weighted by Gasteiger charge is 2.73. The zero-order chi connectivity index (χ0) is 44.5. The van der Waals surface area contributed by atoms with Crippen LogP contribution in [0.5, 0.6) is 0 Å². The summed E-state index contributed by atoms with van der Waals surface area (Å²) in [5, 5.41) is 13.3. The molecule has 61 heavy (non-hydrogen) atoms. The van der Waals surface area contributed by atoms with Crippen molar-refractivity contribution in [3.05, 3.63) is 0 Å². The molecule has 10 nitrogen and oxygen atoms in total. The van der Waals surface area contributed by atoms with Gasteiger partial charge in [-0.1, -0.05) is 48.5 Å². The summed E-state index contributed by atoms with van der Waals surface area (Å²) in [5.41, 5.74) is -1.68. The van der Waals surface area contributed by atoms with Gasteiger partial charge in [0.25, 0.3) is 0 Å². The van der Waals surface area contributed by atoms with E-state index in [-0.39, 0.29) is 74.9 Å². The van der Waals surface area contributed by atoms with E-state index < -0.39 is 24.7 Å². The number of carboxylic acid groups (broad SMARTS) is 1. The first kappa shape index (κ1) is 45.6. The van der Waals surface area contributed by atoms with E-state index in [1.54, 1.807) is 27.2 Å². The lowest BCUT2D eigenvalue weighted by atomic mass is 9.32. The summed E-state index contributed by atoms with van der Waals surface area (Å²) < 4.78 is 24.3. The molecule has 2 N–H and O–H groups in total. The van der Waals surface area contributed by atoms with Crippen LogP contribution >= 0.6 is 7.37 Å². The number of aliphatic carboxylic acids is 1. The monoisotopic (exact) mass is 869 g/mol. The Morgan fingerprint density at radius 2 is 1.44 bits per heavy atom. The number of amides is 2. The van der Waals surface area contributed by atoms with E-state index in [0.29, 0.717) is 61.9 Å². The fourth-order valence-corrected chi connectivity index (χ4v) is 17.5. The van der Waals surface area contributed by atoms with E-state index in [9.17, 15) is 24.1 Å². The molecule has 7 aliphatic carbocycles. The highest BCUT2D eigenvalue weighted by Crippen LogP contribution is 2.78. The van der Waals surface area contributed by atoms with Gasteiger partial charge >= 0.3 is 11.9 Å². The fraction of sp³-hybridized carbons (Fsp3) is 0.920. The maximum Gasteiger partial charge on any atom is 0.309 e. The molecule has 1 saturated heterocycles. The van der Waals surface area contributed by atoms with E-state index in [4.69, 9.17) is 9.26 Å². The third kappa shape index (κ3) is 7.31. The molecule has 11 heteroatoms. The predicted molar refractivity (Wildman–Crippen MR) is 237 cm³/mol. The van der Waals surface area contributed by atoms with E-state index in [1.165, 1.54) is 25.7 Å². The number of nitrogens with zero attached hydrogens (tertiary/aromatic N) is 1. The number of likely N-dealkylation sites (tertiary alicyclic amines) is 1. The van der Waals surface area contributed by atoms with E-state index in [2.05, 4.69) is 53.8 Å². The average molecular weight is 869 g/mol. The van der Waals surface area contributed by atoms with Crippen molar-refractivity contribution in [1.29, 1.82) is 0 Å². The maximum absolute atomic E-state index is 15.2. The standard InChI is InChI=1S/C50H81N2O8P/c1-44(2,43(56)57)29-39(53)59-38-18-21-47(7)35(46(38,5)6)17-22-49(9)36(47)15-14-33-40-32(30-12-13-30)16-23-50(40,25-24-48(33,49)8)42(55)51-37-28-34(45(37,3)4)41(54)52-26-19-31(20-27-52)60-61(10,11)58/h30-38,40H,12-29H2,1-11H3,(H,51,55)(H,56,57)/t32-,33+,34+,35-,36+,37+,38-,40+,47-,48+,49+,50-/m0/s1. The molecule has 8 aliphatic rings. The molecule has 12 atom stereocenters. The van der Waals surface area contributed by atoms with Crippen LogP contribution in [0.15, 0.2) is 0 Å². The molecule has 0 aromatic heterocycles. The summed E-state index contributed by atoms with van der Waals surface area (Å²) >= 11 is 0. The molecule has 0 radical (unpaired) electrons. The second-order valence-electron chi connectivity index (χ2n) is 25.1. The molecule has 1 heterocycles. The smallest absolute Gasteiger partial charge is 0.309 e. The number of ether oxygens (including phenoxy) is 1. The van der Waals surface area contributed by atoms with Crippen LogP contribution in [0, 0.1) is 79.3 Å². The Hall–Kier alpha value is -1.93. The van der Waals surface area contributed by atoms with Crippen molar-refractivity contribution < 1.29 is 38.1 Å². The number of carboxylic acids is 1. The molecule has 7 saturated carbocycles. The number of hydrogen-bond acceptors (Lipinski definition) is 7. The van der Waals surface area contributed by atoms with Crippen LogP contribution in [0.25, 0.3) is 0 Å². The minimum atomic E-state index is -2.58. The fourth-order valence-electron chi connectivity index (χ4n) is 16.6. The first-order valence-corrected chi connectivity index (χ1v) is 27.0. The van der Waals surface area contributed by atoms with Gasteiger partial charge in [0.2, 0.25) is 11.8 Å². The highest BCUT2D eigenvalue weighted by atomic mass is 31.2. The van der Waals surface area contributed by atoms with Crippen molar-refractivity contribution in [2.75, 3.05) is 26.4 Å². The molecule has 0 aromatic rings. The van der Waals surface area contributed by atoms with E-state index in [0.717, 1.165) is 57.3 Å². The van der Waals surface area contributed by atoms with Crippen molar-refractivity contribution >= 4 is 31.1 Å². The Morgan fingerprint density at radius 3 is 2.05 bits per heavy atom. The number of carbonyl (C=O) groups excluding carboxylic acids is 3. The lowest BCUT2D eigenvalue weighted by molar-refractivity contribution is -0.250. The summed E-state index contributed by atoms with van der Waals surface area (Å²) in [5.74, 6) is 2.18. The van der Waals surface area contributed by atoms with Crippen LogP contribution < -0.4 is 5.32 Å². The van der Waals surface area contributed by atoms with Crippen molar-refractivity contribution in [2.24, 2.45) is 79.3 Å². The largest absolute Gasteiger partial charge is 0.481 e. The van der Waals surface area contributed by atoms with Gasteiger partial charge < -0.3 is 24.6 Å². The molecule has 1 aliphatic heterocycles. The van der Waals surface area contributed by atoms with Crippen LogP contribution in [-0.4, -0.2) is 78.4 Å². The second-order valence-corrected chi connectivity index (χ2v) is 27.8. The number of piperidine rings is 1. The lowest BCUT2D eigenvalue weighted by Gasteiger charge is -2.73. The number of fused-ring (bicyclic) bond motifs is 7. The quantitative estimate of drug-likeness (QED) is 0.164. The van der Waals surface area contributed by atoms with Gasteiger partial charge in [0, 0.05) is 43.8 Å². The zero-order valence-electron chi connectivity index (χ0n) is 39.7. The molecular weight excluding hydrogens is 788 g/mol. The van der Waals surface area contributed by atoms with E-state index >= 15 is 4.79 Å². The van der Waals surface area contributed by atoms with Crippen molar-refractivity contribution in [2.45, 2.75) is 183 Å². The first-order chi connectivity index (χ1) is 28.2. The van der Waals surface area contributed by atoms with Gasteiger partial charge in [-0.05, 0) is 167 Å². The van der Waals surface area contributed by atoms with Crippen molar-refractivity contribution in [3.63, 3.8) is 0 Å². The van der Waals surface area contributed by atoms with Gasteiger partial charge in [-0.2, -0.15) is 0 Å². The minimum absolute atomic E-state index is 0.0194. The SMILES string of the molecule is CC(C)(CC(=O)O[C@H]1CC[C@]2(C)[C@H]3CC[C@@H]4[C@H]5[C@H](C6CC6)CC[C@]5(C(=O)N[C@@H]5C[C@H](C(=O)N6CCC(OP(C)(C)=O)CC6)C5(C)C)CC[C@@]4(C)[C@]3(C)CC[C@H]2C1(C)C)C(=O)O. The molecule has 0 spiro atoms. The Balaban J connectivity index is 0.968. The molecule has 344 valence electrons. The van der Waals surface area contributed by atoms with Crippen LogP contribution in [-0.2, 0) is 33.0 Å². The molecule has 8 rings (SSSR count). The summed E-state index contributed by atoms with van der Waals surface area (Å²) in [7, 11) is -2.58. The molecule has 2 amide bonds. The second kappa shape index (κ2) is 15.1. The normalized spacial score (nSPS) is 43.1. The van der Waals surface area contributed by atoms with Gasteiger partial charge in [-0.25, -0.2) is 0 Å². The number of hydrogen-bond donors (Lipinski definition) is 2. The van der Waals surface area contributed by atoms with Gasteiger partial charge in [-0.15, -0.1) is 0 Å². The molecular formula is C50H81N2O8P. The van der Waals surface area contributed by atoms with Crippen molar-refractivity contribution in [1.82, 2.24) is 10.2 Å². The topological polar surface area (TPSA) is 139 Å². The molecule has 0 unspecified atom stereocenters. The summed E-state index contributed by atoms with van der Waals surface area (Å²) in [6.07, 6.45) is 14.9. The first-order valence-electron chi connectivity index (χ1n) is 24.5. The number of esters is 1. The zero-order valence-corrected chi connectivity index (χ0v) is 40.6. The highest BCUT2D eigenvalue weighted by molar-refractivity contribution is 7.57. The van der Waals surface area contributed by atoms with Crippen molar-refractivity contribution in [3.8, 4) is 0 Å². The molecule has 0 aromatic carbocycles. The summed E-state index contributed by atoms with van der Waals surface area (Å²) in [6, 6.07) is -0.0194. The van der Waals surface area contributed by atoms with Crippen LogP contribution in [0.4, 0.5) is 0 Å². The lowest BCUT2D eigenvalue weighted by Crippen LogP contribution is -2.68. The minimum Gasteiger partial charge on any atom is -0.481 e. The number of nitrogens with one attached hydrogen (secondary N) is 1. The van der Waals surface area contributed by atoms with Gasteiger partial charge in [-0.3, -0.25) is 23.7 Å². The van der Waals surface area contributed by atoms with Gasteiger partial charge in [0.05, 0.1) is 23.4 Å².